The Morgan fingerprint density at radius 2 is 0.826 bits per heavy atom. The summed E-state index contributed by atoms with van der Waals surface area (Å²) in [5.41, 5.74) is 4.51. The molecule has 34 heteroatoms. The average Bonchev–Trinajstić information content (AvgIpc) is 1.64. The van der Waals surface area contributed by atoms with Crippen LogP contribution in [0, 0.1) is 0 Å². The lowest BCUT2D eigenvalue weighted by Crippen LogP contribution is -2.55. The number of phenols is 4. The molecular formula is C75H103N17O17. The number of benzene rings is 4. The standard InChI is InChI=1S/C74H99N17O17.CH4/c1-7-75-71(104)69-80-78-67(54-37-52(46(3)4)58(92)39-60(54)94)90(69)50-13-9-48(10-14-50)41-82-27-33-88(34-28-82)63(97)20-17-56(77-62(96)19-18-57(74(107)108)87-31-25-85(44-65(100)101)23-21-84(43-64(98)99)22-24-86(26-32-87)45-66(102)103)73(106)89-35-29-83(30-36-89)42-49-11-15-51(16-12-49)91-68(79-81-70(91)72(105)76-8-2)55-38-53(47(5)6)59(93)40-61(55)95;/h9-16,37-40,46-47,56-57,92-95H,7-8,17-36,41-45H2,1-6H3,(H,75,104)(H,76,105)(H,77,96)(H,98,99)(H,100,101)(H,102,103)(H,107,108);1H4/t56-,57-;/m1./s1. The van der Waals surface area contributed by atoms with Crippen LogP contribution in [0.4, 0.5) is 0 Å². The Morgan fingerprint density at radius 3 is 1.19 bits per heavy atom. The van der Waals surface area contributed by atoms with E-state index < -0.39 is 79.1 Å². The van der Waals surface area contributed by atoms with Crippen LogP contribution in [0.5, 0.6) is 23.0 Å². The Labute approximate surface area is 632 Å². The maximum absolute atomic E-state index is 14.9. The molecule has 3 aliphatic rings. The molecule has 9 rings (SSSR count). The number of rotatable bonds is 30. The first-order chi connectivity index (χ1) is 51.6. The Balaban J connectivity index is 0.0000150. The van der Waals surface area contributed by atoms with Crippen molar-refractivity contribution in [3.8, 4) is 57.1 Å². The number of nitrogens with zero attached hydrogens (tertiary/aromatic N) is 14. The van der Waals surface area contributed by atoms with Gasteiger partial charge in [0.2, 0.25) is 29.4 Å². The number of aromatic hydroxyl groups is 4. The first-order valence-corrected chi connectivity index (χ1v) is 36.5. The number of carboxylic acid groups (broad SMARTS) is 4. The van der Waals surface area contributed by atoms with Crippen LogP contribution < -0.4 is 16.0 Å². The summed E-state index contributed by atoms with van der Waals surface area (Å²) in [7, 11) is 0. The van der Waals surface area contributed by atoms with Gasteiger partial charge < -0.3 is 66.6 Å². The SMILES string of the molecule is C.CCNC(=O)c1nnc(-c2cc(C(C)C)c(O)cc2O)n1-c1ccc(CN2CCN(C(=O)CC[C@@H](NC(=O)CC[C@H](C(=O)O)N3CCN(CC(=O)O)CCN(CC(=O)O)CCN(CC(=O)O)CC3)C(=O)N3CCN(Cc4ccc(-n5c(C(=O)NCC)nnc5-c5cc(C(C)C)c(O)cc5O)cc4)CC3)CC2)cc1. The van der Waals surface area contributed by atoms with Gasteiger partial charge in [0.05, 0.1) is 30.8 Å². The summed E-state index contributed by atoms with van der Waals surface area (Å²) in [6.07, 6.45) is -0.892. The number of piperazine rings is 2. The minimum absolute atomic E-state index is 0. The number of nitrogens with one attached hydrogen (secondary N) is 3. The molecule has 2 aromatic heterocycles. The molecule has 11 N–H and O–H groups in total. The first kappa shape index (κ1) is 84.0. The van der Waals surface area contributed by atoms with Crippen LogP contribution >= 0.6 is 0 Å². The lowest BCUT2D eigenvalue weighted by atomic mass is 9.98. The van der Waals surface area contributed by atoms with Crippen LogP contribution in [0.2, 0.25) is 0 Å². The molecule has 0 saturated carbocycles. The van der Waals surface area contributed by atoms with Crippen LogP contribution in [-0.4, -0.2) is 313 Å². The van der Waals surface area contributed by atoms with E-state index in [1.165, 1.54) is 16.7 Å². The van der Waals surface area contributed by atoms with E-state index in [2.05, 4.69) is 46.1 Å². The van der Waals surface area contributed by atoms with Crippen molar-refractivity contribution in [3.05, 3.63) is 107 Å². The van der Waals surface area contributed by atoms with Crippen LogP contribution in [0.3, 0.4) is 0 Å². The molecule has 0 aliphatic carbocycles. The summed E-state index contributed by atoms with van der Waals surface area (Å²) < 4.78 is 3.09. The molecule has 2 atom stereocenters. The number of amides is 5. The highest BCUT2D eigenvalue weighted by Gasteiger charge is 2.35. The number of carbonyl (C=O) groups excluding carboxylic acids is 5. The predicted octanol–water partition coefficient (Wildman–Crippen LogP) is 3.35. The van der Waals surface area contributed by atoms with Crippen molar-refractivity contribution in [2.75, 3.05) is 137 Å². The fraction of sp³-hybridized carbons (Fsp3) is 0.507. The summed E-state index contributed by atoms with van der Waals surface area (Å²) >= 11 is 0. The molecule has 0 bridgehead atoms. The minimum atomic E-state index is -1.34. The number of hydrogen-bond donors (Lipinski definition) is 11. The van der Waals surface area contributed by atoms with Crippen molar-refractivity contribution in [3.63, 3.8) is 0 Å². The third-order valence-corrected chi connectivity index (χ3v) is 19.6. The Hall–Kier alpha value is -10.7. The van der Waals surface area contributed by atoms with Crippen molar-refractivity contribution < 1.29 is 84.0 Å². The van der Waals surface area contributed by atoms with E-state index in [0.29, 0.717) is 87.9 Å². The monoisotopic (exact) mass is 1510 g/mol. The molecule has 34 nitrogen and oxygen atoms in total. The van der Waals surface area contributed by atoms with E-state index in [4.69, 9.17) is 0 Å². The highest BCUT2D eigenvalue weighted by atomic mass is 16.4. The van der Waals surface area contributed by atoms with E-state index >= 15 is 0 Å². The van der Waals surface area contributed by atoms with Gasteiger partial charge in [-0.3, -0.25) is 81.7 Å². The zero-order valence-electron chi connectivity index (χ0n) is 61.8. The summed E-state index contributed by atoms with van der Waals surface area (Å²) in [6, 6.07) is 18.0. The lowest BCUT2D eigenvalue weighted by Gasteiger charge is -2.37. The fourth-order valence-electron chi connectivity index (χ4n) is 13.8. The molecule has 590 valence electrons. The van der Waals surface area contributed by atoms with Crippen molar-refractivity contribution in [2.24, 2.45) is 0 Å². The highest BCUT2D eigenvalue weighted by Crippen LogP contribution is 2.40. The van der Waals surface area contributed by atoms with Gasteiger partial charge in [-0.15, -0.1) is 20.4 Å². The normalized spacial score (nSPS) is 16.2. The fourth-order valence-corrected chi connectivity index (χ4v) is 13.8. The first-order valence-electron chi connectivity index (χ1n) is 36.5. The van der Waals surface area contributed by atoms with Gasteiger partial charge in [0.15, 0.2) is 11.6 Å². The number of hydrogen-bond acceptors (Lipinski definition) is 23. The summed E-state index contributed by atoms with van der Waals surface area (Å²) in [5.74, 6) is -7.65. The van der Waals surface area contributed by atoms with Gasteiger partial charge in [0.1, 0.15) is 35.1 Å². The molecule has 0 unspecified atom stereocenters. The molecule has 3 saturated heterocycles. The van der Waals surface area contributed by atoms with E-state index in [-0.39, 0.29) is 174 Å². The number of carbonyl (C=O) groups is 9. The molecule has 3 fully saturated rings. The Kier molecular flexibility index (Phi) is 30.0. The van der Waals surface area contributed by atoms with Gasteiger partial charge in [-0.2, -0.15) is 0 Å². The van der Waals surface area contributed by atoms with Crippen molar-refractivity contribution in [2.45, 2.75) is 112 Å². The highest BCUT2D eigenvalue weighted by molar-refractivity contribution is 5.93. The van der Waals surface area contributed by atoms with Crippen molar-refractivity contribution in [1.82, 2.24) is 84.7 Å². The molecule has 5 heterocycles. The third kappa shape index (κ3) is 22.3. The predicted molar refractivity (Wildman–Crippen MR) is 401 cm³/mol. The van der Waals surface area contributed by atoms with E-state index in [9.17, 15) is 84.0 Å². The summed E-state index contributed by atoms with van der Waals surface area (Å²) in [6.45, 7) is 14.9. The molecule has 109 heavy (non-hydrogen) atoms. The molecular weight excluding hydrogens is 1410 g/mol. The molecule has 6 aromatic rings. The second-order valence-corrected chi connectivity index (χ2v) is 27.9. The van der Waals surface area contributed by atoms with E-state index in [1.54, 1.807) is 72.1 Å². The maximum Gasteiger partial charge on any atom is 0.320 e. The van der Waals surface area contributed by atoms with Crippen LogP contribution in [0.25, 0.3) is 34.2 Å². The van der Waals surface area contributed by atoms with Gasteiger partial charge in [-0.25, -0.2) is 0 Å². The van der Waals surface area contributed by atoms with Gasteiger partial charge in [-0.1, -0.05) is 59.4 Å². The van der Waals surface area contributed by atoms with Crippen molar-refractivity contribution >= 4 is 53.4 Å². The largest absolute Gasteiger partial charge is 0.508 e. The number of phenolic OH excluding ortho intramolecular Hbond substituents is 4. The van der Waals surface area contributed by atoms with E-state index in [0.717, 1.165) is 11.1 Å². The molecule has 3 aliphatic heterocycles. The quantitative estimate of drug-likeness (QED) is 0.0308. The topological polar surface area (TPSA) is 439 Å². The zero-order valence-corrected chi connectivity index (χ0v) is 61.8. The Morgan fingerprint density at radius 1 is 0.450 bits per heavy atom. The van der Waals surface area contributed by atoms with Gasteiger partial charge in [0, 0.05) is 167 Å². The molecule has 0 spiro atoms. The second kappa shape index (κ2) is 38.9. The van der Waals surface area contributed by atoms with Crippen LogP contribution in [0.15, 0.2) is 72.8 Å². The number of aliphatic carboxylic acids is 4. The van der Waals surface area contributed by atoms with Crippen LogP contribution in [0.1, 0.15) is 130 Å². The van der Waals surface area contributed by atoms with Gasteiger partial charge >= 0.3 is 23.9 Å². The zero-order chi connectivity index (χ0) is 78.0. The number of aromatic nitrogens is 6. The summed E-state index contributed by atoms with van der Waals surface area (Å²) in [5, 5.41) is 109. The molecule has 0 radical (unpaired) electrons. The summed E-state index contributed by atoms with van der Waals surface area (Å²) in [4.78, 5) is 133. The Bertz CT molecular complexity index is 4140. The maximum atomic E-state index is 14.9. The minimum Gasteiger partial charge on any atom is -0.508 e. The van der Waals surface area contributed by atoms with Gasteiger partial charge in [0.25, 0.3) is 11.8 Å². The van der Waals surface area contributed by atoms with Gasteiger partial charge in [-0.05, 0) is 97.2 Å². The molecule has 5 amide bonds. The lowest BCUT2D eigenvalue weighted by molar-refractivity contribution is -0.145. The third-order valence-electron chi connectivity index (χ3n) is 19.6. The smallest absolute Gasteiger partial charge is 0.320 e. The molecule has 4 aromatic carbocycles. The number of carboxylic acids is 4. The van der Waals surface area contributed by atoms with Crippen LogP contribution in [-0.2, 0) is 46.7 Å². The average molecular weight is 1510 g/mol. The van der Waals surface area contributed by atoms with Crippen molar-refractivity contribution in [1.29, 1.82) is 0 Å². The second-order valence-electron chi connectivity index (χ2n) is 27.9. The van der Waals surface area contributed by atoms with E-state index in [1.807, 2.05) is 64.1 Å².